The number of alkyl halides is 12. The van der Waals surface area contributed by atoms with Gasteiger partial charge < -0.3 is 72.0 Å². The predicted octanol–water partition coefficient (Wildman–Crippen LogP) is 12.9. The highest BCUT2D eigenvalue weighted by molar-refractivity contribution is 8.14. The van der Waals surface area contributed by atoms with Gasteiger partial charge in [-0.3, -0.25) is 54.1 Å². The molecule has 0 aliphatic carbocycles. The number of fused-ring (bicyclic) bond motifs is 7. The van der Waals surface area contributed by atoms with Crippen LogP contribution in [0, 0.1) is 15.5 Å². The van der Waals surface area contributed by atoms with E-state index in [-0.39, 0.29) is 94.6 Å². The third-order valence-corrected chi connectivity index (χ3v) is 17.7. The van der Waals surface area contributed by atoms with E-state index >= 15 is 0 Å². The number of hydrogen-bond acceptors (Lipinski definition) is 22. The molecule has 12 N–H and O–H groups in total. The second-order valence-electron chi connectivity index (χ2n) is 23.8. The Morgan fingerprint density at radius 1 is 0.545 bits per heavy atom. The molecule has 13 rings (SSSR count). The summed E-state index contributed by atoms with van der Waals surface area (Å²) in [5.41, 5.74) is 18.7. The lowest BCUT2D eigenvalue weighted by Crippen LogP contribution is -2.36. The van der Waals surface area contributed by atoms with E-state index in [0.29, 0.717) is 125 Å². The zero-order valence-electron chi connectivity index (χ0n) is 56.9. The third kappa shape index (κ3) is 22.5. The number of aliphatic hydroxyl groups is 1. The van der Waals surface area contributed by atoms with Gasteiger partial charge in [0.1, 0.15) is 40.1 Å². The van der Waals surface area contributed by atoms with Gasteiger partial charge in [0.25, 0.3) is 5.69 Å². The Kier molecular flexibility index (Phi) is 27.3. The fourth-order valence-electron chi connectivity index (χ4n) is 10.9. The van der Waals surface area contributed by atoms with E-state index in [1.165, 1.54) is 103 Å². The fraction of sp³-hybridized carbons (Fsp3) is 0.300. The zero-order chi connectivity index (χ0) is 80.7. The average Bonchev–Trinajstić information content (AvgIpc) is 0.761. The number of anilines is 5. The number of ether oxygens (including phenoxy) is 6. The summed E-state index contributed by atoms with van der Waals surface area (Å²) in [6, 6.07) is 25.7. The lowest BCUT2D eigenvalue weighted by atomic mass is 9.82. The van der Waals surface area contributed by atoms with Crippen LogP contribution in [0.4, 0.5) is 86.8 Å². The van der Waals surface area contributed by atoms with Crippen LogP contribution in [0.15, 0.2) is 133 Å². The first-order valence-electron chi connectivity index (χ1n) is 32.3. The number of amides is 4. The highest BCUT2D eigenvalue weighted by Crippen LogP contribution is 2.47. The molecule has 7 aliphatic heterocycles. The quantitative estimate of drug-likeness (QED) is 0.0130. The van der Waals surface area contributed by atoms with Gasteiger partial charge in [0.2, 0.25) is 0 Å². The van der Waals surface area contributed by atoms with E-state index < -0.39 is 64.4 Å². The van der Waals surface area contributed by atoms with Crippen LogP contribution in [0.5, 0.6) is 34.5 Å². The van der Waals surface area contributed by atoms with Crippen molar-refractivity contribution in [3.63, 3.8) is 0 Å². The topological polar surface area (TPSA) is 401 Å². The summed E-state index contributed by atoms with van der Waals surface area (Å²) in [4.78, 5) is 92.3. The summed E-state index contributed by atoms with van der Waals surface area (Å²) >= 11 is 2.59. The van der Waals surface area contributed by atoms with Crippen LogP contribution in [-0.2, 0) is 30.3 Å². The second-order valence-corrected chi connectivity index (χ2v) is 26.0. The Morgan fingerprint density at radius 3 is 1.38 bits per heavy atom. The molecule has 110 heavy (non-hydrogen) atoms. The first kappa shape index (κ1) is 84.1. The van der Waals surface area contributed by atoms with Crippen LogP contribution in [0.3, 0.4) is 0 Å². The molecule has 7 heterocycles. The van der Waals surface area contributed by atoms with Gasteiger partial charge in [-0.2, -0.15) is 52.7 Å². The van der Waals surface area contributed by atoms with Gasteiger partial charge in [0.05, 0.1) is 66.8 Å². The molecule has 1 spiro atoms. The van der Waals surface area contributed by atoms with Crippen molar-refractivity contribution in [3.8, 4) is 34.5 Å². The summed E-state index contributed by atoms with van der Waals surface area (Å²) in [6.45, 7) is 5.78. The highest BCUT2D eigenvalue weighted by Gasteiger charge is 2.44. The number of halogens is 12. The normalized spacial score (nSPS) is 18.1. The number of nitro groups is 1. The van der Waals surface area contributed by atoms with Crippen molar-refractivity contribution < 1.29 is 125 Å². The van der Waals surface area contributed by atoms with Crippen molar-refractivity contribution in [3.05, 3.63) is 171 Å². The van der Waals surface area contributed by atoms with E-state index in [1.807, 2.05) is 16.7 Å². The minimum Gasteiger partial charge on any atom is -0.493 e. The summed E-state index contributed by atoms with van der Waals surface area (Å²) in [7, 11) is 0. The molecule has 0 radical (unpaired) electrons. The predicted molar refractivity (Wildman–Crippen MR) is 379 cm³/mol. The number of nitrogens with one attached hydrogen (secondary N) is 5. The molecular weight excluding hydrogens is 1530 g/mol. The Balaban J connectivity index is 0.000000168. The van der Waals surface area contributed by atoms with Gasteiger partial charge in [-0.1, -0.05) is 42.3 Å². The monoisotopic (exact) mass is 1590 g/mol. The van der Waals surface area contributed by atoms with Crippen LogP contribution in [-0.4, -0.2) is 137 Å². The molecule has 26 nitrogen and oxygen atoms in total. The number of rotatable bonds is 8. The molecule has 6 aromatic carbocycles. The Morgan fingerprint density at radius 2 is 0.927 bits per heavy atom. The summed E-state index contributed by atoms with van der Waals surface area (Å²) in [5.74, 6) is -4.28. The standard InChI is InChI=1S/2C14H14F3N3O2S.C13H12F3NO3.C11H8F3NO3.C9H7NO4.C9H9NO2/c15-14(16,17)11(21)19-8-1-2-10-9(7-8)13(3-5-22-10)4-6-23-12(18)20-13;15-14(16,17)12(21)20-9-1-2-11-10(7-9)8(3-5-22-11)4-6-23-13(18)19;1-2-12(19)5-6-20-10-4-3-8(7-9(10)12)17-11(18)13(14,15)16;12-11(13,14)10(17)15-6-1-2-9-7(5-6)8(16)3-4-18-9;11-8-3-4-14-9-2-1-6(10(12)13)5-7(8)9;10-6-1-2-9-7(5-6)8(11)3-4-12-9/h1-2,7H,3-6H2,(H2,18,20)(H,19,21);1-2,4,7H,3,5-6H2,(H3,18,19)(H,20,21);2-4,7,19H,1,5-6H2,(H,17,18);1-2,5H,3-4H2,(H,15,17);1-2,5H,3-4H2;1-2,5H,3-4,10H2/b;8-4+;;;;. The lowest BCUT2D eigenvalue weighted by Gasteiger charge is -2.38. The number of nitrogens with two attached hydrogens (primary N) is 3. The number of carbonyl (C=O) groups is 7. The van der Waals surface area contributed by atoms with Crippen molar-refractivity contribution in [2.24, 2.45) is 16.5 Å². The summed E-state index contributed by atoms with van der Waals surface area (Å²) in [6.07, 6.45) is -13.6. The molecule has 0 saturated heterocycles. The van der Waals surface area contributed by atoms with Crippen molar-refractivity contribution in [1.82, 2.24) is 0 Å². The van der Waals surface area contributed by atoms with E-state index in [2.05, 4.69) is 11.6 Å². The van der Waals surface area contributed by atoms with Gasteiger partial charge in [-0.05, 0) is 109 Å². The molecule has 7 aliphatic rings. The van der Waals surface area contributed by atoms with Crippen molar-refractivity contribution >= 4 is 115 Å². The molecule has 40 heteroatoms. The maximum absolute atomic E-state index is 12.4. The largest absolute Gasteiger partial charge is 0.493 e. The molecule has 4 amide bonds. The maximum Gasteiger partial charge on any atom is 0.471 e. The van der Waals surface area contributed by atoms with E-state index in [1.54, 1.807) is 34.9 Å². The number of benzene rings is 6. The number of hydrogen-bond donors (Lipinski definition) is 9. The van der Waals surface area contributed by atoms with E-state index in [9.17, 15) is 101 Å². The van der Waals surface area contributed by atoms with Crippen LogP contribution in [0.25, 0.3) is 5.57 Å². The van der Waals surface area contributed by atoms with E-state index in [4.69, 9.17) is 51.0 Å². The van der Waals surface area contributed by atoms with Crippen LogP contribution in [0.2, 0.25) is 0 Å². The number of aliphatic imine (C=N–C) groups is 1. The zero-order valence-corrected chi connectivity index (χ0v) is 58.5. The van der Waals surface area contributed by atoms with Crippen LogP contribution in [0.1, 0.15) is 92.7 Å². The minimum atomic E-state index is -4.97. The average molecular weight is 1590 g/mol. The number of Topliss-reactive ketones (excluding diaryl/α,β-unsaturated/α-hetero) is 3. The van der Waals surface area contributed by atoms with Crippen LogP contribution < -0.4 is 66.9 Å². The lowest BCUT2D eigenvalue weighted by molar-refractivity contribution is -0.384. The molecule has 0 fully saturated rings. The molecule has 2 unspecified atom stereocenters. The van der Waals surface area contributed by atoms with Crippen LogP contribution >= 0.6 is 23.5 Å². The number of nitrogen functional groups attached to an aromatic ring is 1. The highest BCUT2D eigenvalue weighted by atomic mass is 32.2. The number of non-ortho nitro benzene ring substituents is 1. The fourth-order valence-corrected chi connectivity index (χ4v) is 12.3. The van der Waals surface area contributed by atoms with Crippen molar-refractivity contribution in [1.29, 1.82) is 5.41 Å². The van der Waals surface area contributed by atoms with Gasteiger partial charge in [0.15, 0.2) is 27.7 Å². The van der Waals surface area contributed by atoms with Crippen molar-refractivity contribution in [2.45, 2.75) is 80.8 Å². The van der Waals surface area contributed by atoms with E-state index in [0.717, 1.165) is 23.1 Å². The Labute approximate surface area is 623 Å². The number of nitrogens with zero attached hydrogens (tertiary/aromatic N) is 2. The maximum atomic E-state index is 12.4. The molecule has 0 aromatic heterocycles. The number of nitro benzene ring substituents is 1. The first-order chi connectivity index (χ1) is 51.7. The first-order valence-corrected chi connectivity index (χ1v) is 34.3. The van der Waals surface area contributed by atoms with Crippen molar-refractivity contribution in [2.75, 3.05) is 78.1 Å². The third-order valence-electron chi connectivity index (χ3n) is 16.3. The Hall–Kier alpha value is -11.6. The summed E-state index contributed by atoms with van der Waals surface area (Å²) < 4.78 is 179. The van der Waals surface area contributed by atoms with Gasteiger partial charge in [0, 0.05) is 107 Å². The molecule has 6 aromatic rings. The molecular formula is C70H64F12N10O16S2. The van der Waals surface area contributed by atoms with Gasteiger partial charge in [-0.15, -0.1) is 0 Å². The Bertz CT molecular complexity index is 4620. The second kappa shape index (κ2) is 35.7. The summed E-state index contributed by atoms with van der Waals surface area (Å²) in [5, 5.41) is 35.5. The van der Waals surface area contributed by atoms with Gasteiger partial charge in [-0.25, -0.2) is 0 Å². The molecule has 586 valence electrons. The minimum absolute atomic E-state index is 0.0136. The number of ketones is 3. The molecule has 2 atom stereocenters. The number of amidine groups is 2. The SMILES string of the molecule is C=CC1(O)CCOc2ccc(NC(=O)C(F)(F)F)cc21.N=C(N)SC/C=C1\CCOc2ccc(NC(=O)C(F)(F)F)cc21.NC1=NC2(CCOc3ccc(NC(=O)C(F)(F)F)cc32)CCS1.Nc1ccc2c(c1)C(=O)CCO2.O=C1CCOc2ccc(NC(=O)C(F)(F)F)cc21.O=C1CCOc2ccc([N+](=O)[O-])cc21. The molecule has 0 saturated carbocycles. The molecule has 0 bridgehead atoms. The smallest absolute Gasteiger partial charge is 0.471 e. The number of thioether (sulfide) groups is 2. The van der Waals surface area contributed by atoms with Gasteiger partial charge >= 0.3 is 48.3 Å². The number of carbonyl (C=O) groups excluding carboxylic acids is 7.